The van der Waals surface area contributed by atoms with Crippen molar-refractivity contribution in [1.29, 1.82) is 0 Å². The minimum absolute atomic E-state index is 0.425. The van der Waals surface area contributed by atoms with Gasteiger partial charge in [0.1, 0.15) is 4.60 Å². The summed E-state index contributed by atoms with van der Waals surface area (Å²) in [5, 5.41) is 0.791. The van der Waals surface area contributed by atoms with E-state index in [0.717, 1.165) is 16.0 Å². The Morgan fingerprint density at radius 2 is 2.12 bits per heavy atom. The van der Waals surface area contributed by atoms with Crippen LogP contribution in [0.5, 0.6) is 0 Å². The average molecular weight is 311 g/mol. The summed E-state index contributed by atoms with van der Waals surface area (Å²) in [5.74, 6) is 0.425. The molecule has 88 valence electrons. The molecular weight excluding hydrogens is 298 g/mol. The molecular formula is C14H13BrClN. The number of rotatable bonds is 3. The number of halogens is 2. The van der Waals surface area contributed by atoms with E-state index in [9.17, 15) is 0 Å². The van der Waals surface area contributed by atoms with Crippen LogP contribution in [-0.2, 0) is 6.42 Å². The molecule has 1 aromatic carbocycles. The molecule has 0 saturated heterocycles. The molecule has 1 nitrogen and oxygen atoms in total. The Kier molecular flexibility index (Phi) is 4.19. The Bertz CT molecular complexity index is 513. The molecule has 0 bridgehead atoms. The molecule has 1 atom stereocenters. The zero-order valence-corrected chi connectivity index (χ0v) is 11.9. The highest BCUT2D eigenvalue weighted by molar-refractivity contribution is 9.10. The lowest BCUT2D eigenvalue weighted by molar-refractivity contribution is 0.753. The summed E-state index contributed by atoms with van der Waals surface area (Å²) >= 11 is 9.48. The van der Waals surface area contributed by atoms with Crippen LogP contribution in [0.2, 0.25) is 5.02 Å². The largest absolute Gasteiger partial charge is 0.249 e. The quantitative estimate of drug-likeness (QED) is 0.739. The number of hydrogen-bond acceptors (Lipinski definition) is 1. The van der Waals surface area contributed by atoms with Gasteiger partial charge in [-0.25, -0.2) is 4.98 Å². The van der Waals surface area contributed by atoms with Crippen molar-refractivity contribution < 1.29 is 0 Å². The van der Waals surface area contributed by atoms with Gasteiger partial charge in [-0.1, -0.05) is 36.7 Å². The van der Waals surface area contributed by atoms with Crippen LogP contribution in [0.1, 0.15) is 24.0 Å². The second kappa shape index (κ2) is 5.65. The van der Waals surface area contributed by atoms with E-state index in [1.54, 1.807) is 6.20 Å². The van der Waals surface area contributed by atoms with E-state index >= 15 is 0 Å². The fraction of sp³-hybridized carbons (Fsp3) is 0.214. The van der Waals surface area contributed by atoms with Gasteiger partial charge in [0.2, 0.25) is 0 Å². The lowest BCUT2D eigenvalue weighted by atomic mass is 9.94. The van der Waals surface area contributed by atoms with Crippen LogP contribution < -0.4 is 0 Å². The monoisotopic (exact) mass is 309 g/mol. The topological polar surface area (TPSA) is 12.9 Å². The Hall–Kier alpha value is -0.860. The van der Waals surface area contributed by atoms with E-state index in [4.69, 9.17) is 11.6 Å². The van der Waals surface area contributed by atoms with Crippen molar-refractivity contribution in [3.8, 4) is 0 Å². The zero-order valence-electron chi connectivity index (χ0n) is 9.53. The van der Waals surface area contributed by atoms with Crippen molar-refractivity contribution in [2.45, 2.75) is 19.3 Å². The molecule has 0 radical (unpaired) electrons. The summed E-state index contributed by atoms with van der Waals surface area (Å²) in [4.78, 5) is 4.23. The minimum atomic E-state index is 0.425. The van der Waals surface area contributed by atoms with Crippen LogP contribution in [0.3, 0.4) is 0 Å². The normalized spacial score (nSPS) is 12.4. The van der Waals surface area contributed by atoms with Gasteiger partial charge in [0.25, 0.3) is 0 Å². The lowest BCUT2D eigenvalue weighted by Crippen LogP contribution is -1.99. The third-order valence-corrected chi connectivity index (χ3v) is 3.73. The molecule has 0 aliphatic rings. The summed E-state index contributed by atoms with van der Waals surface area (Å²) in [6, 6.07) is 12.1. The van der Waals surface area contributed by atoms with Crippen LogP contribution in [0.4, 0.5) is 0 Å². The molecule has 2 aromatic rings. The molecule has 1 aromatic heterocycles. The molecule has 17 heavy (non-hydrogen) atoms. The van der Waals surface area contributed by atoms with Crippen LogP contribution in [0.15, 0.2) is 47.2 Å². The number of pyridine rings is 1. The van der Waals surface area contributed by atoms with Crippen LogP contribution in [0, 0.1) is 0 Å². The number of nitrogens with zero attached hydrogens (tertiary/aromatic N) is 1. The maximum atomic E-state index is 6.00. The predicted octanol–water partition coefficient (Wildman–Crippen LogP) is 4.84. The van der Waals surface area contributed by atoms with E-state index in [1.807, 2.05) is 24.3 Å². The first-order chi connectivity index (χ1) is 8.16. The fourth-order valence-corrected chi connectivity index (χ4v) is 2.44. The van der Waals surface area contributed by atoms with Crippen molar-refractivity contribution in [2.24, 2.45) is 0 Å². The van der Waals surface area contributed by atoms with E-state index in [0.29, 0.717) is 5.92 Å². The van der Waals surface area contributed by atoms with Crippen molar-refractivity contribution in [3.63, 3.8) is 0 Å². The van der Waals surface area contributed by atoms with Gasteiger partial charge < -0.3 is 0 Å². The Labute approximate surface area is 115 Å². The minimum Gasteiger partial charge on any atom is -0.249 e. The van der Waals surface area contributed by atoms with Gasteiger partial charge in [-0.2, -0.15) is 0 Å². The third kappa shape index (κ3) is 3.30. The molecule has 1 unspecified atom stereocenters. The molecule has 1 heterocycles. The lowest BCUT2D eigenvalue weighted by Gasteiger charge is -2.13. The first-order valence-corrected chi connectivity index (χ1v) is 6.69. The van der Waals surface area contributed by atoms with Gasteiger partial charge in [-0.15, -0.1) is 0 Å². The predicted molar refractivity (Wildman–Crippen MR) is 75.5 cm³/mol. The number of benzene rings is 1. The fourth-order valence-electron chi connectivity index (χ4n) is 1.83. The zero-order chi connectivity index (χ0) is 12.3. The number of aromatic nitrogens is 1. The molecule has 0 N–H and O–H groups in total. The van der Waals surface area contributed by atoms with E-state index in [1.165, 1.54) is 11.1 Å². The van der Waals surface area contributed by atoms with Gasteiger partial charge in [0.05, 0.1) is 0 Å². The standard InChI is InChI=1S/C14H13BrClN/c1-10(11-4-2-6-13(16)9-11)8-12-5-3-7-17-14(12)15/h2-7,9-10H,8H2,1H3. The van der Waals surface area contributed by atoms with Crippen LogP contribution in [0.25, 0.3) is 0 Å². The highest BCUT2D eigenvalue weighted by Gasteiger charge is 2.09. The van der Waals surface area contributed by atoms with E-state index in [2.05, 4.69) is 40.0 Å². The highest BCUT2D eigenvalue weighted by Crippen LogP contribution is 2.25. The molecule has 0 amide bonds. The van der Waals surface area contributed by atoms with E-state index in [-0.39, 0.29) is 0 Å². The van der Waals surface area contributed by atoms with Crippen LogP contribution in [-0.4, -0.2) is 4.98 Å². The summed E-state index contributed by atoms with van der Waals surface area (Å²) in [6.07, 6.45) is 2.74. The second-order valence-electron chi connectivity index (χ2n) is 4.11. The van der Waals surface area contributed by atoms with Gasteiger partial charge in [-0.05, 0) is 57.6 Å². The van der Waals surface area contributed by atoms with Gasteiger partial charge in [0.15, 0.2) is 0 Å². The Morgan fingerprint density at radius 1 is 1.29 bits per heavy atom. The summed E-state index contributed by atoms with van der Waals surface area (Å²) < 4.78 is 0.925. The summed E-state index contributed by atoms with van der Waals surface area (Å²) in [7, 11) is 0. The Balaban J connectivity index is 2.17. The van der Waals surface area contributed by atoms with Gasteiger partial charge in [0, 0.05) is 11.2 Å². The van der Waals surface area contributed by atoms with Crippen molar-refractivity contribution in [1.82, 2.24) is 4.98 Å². The molecule has 2 rings (SSSR count). The molecule has 0 saturated carbocycles. The first-order valence-electron chi connectivity index (χ1n) is 5.51. The molecule has 3 heteroatoms. The van der Waals surface area contributed by atoms with Crippen molar-refractivity contribution >= 4 is 27.5 Å². The van der Waals surface area contributed by atoms with Crippen molar-refractivity contribution in [3.05, 3.63) is 63.3 Å². The maximum Gasteiger partial charge on any atom is 0.109 e. The highest BCUT2D eigenvalue weighted by atomic mass is 79.9. The van der Waals surface area contributed by atoms with Gasteiger partial charge >= 0.3 is 0 Å². The Morgan fingerprint density at radius 3 is 2.82 bits per heavy atom. The molecule has 0 aliphatic carbocycles. The van der Waals surface area contributed by atoms with Crippen molar-refractivity contribution in [2.75, 3.05) is 0 Å². The number of hydrogen-bond donors (Lipinski definition) is 0. The summed E-state index contributed by atoms with van der Waals surface area (Å²) in [6.45, 7) is 2.20. The average Bonchev–Trinajstić information content (AvgIpc) is 2.32. The summed E-state index contributed by atoms with van der Waals surface area (Å²) in [5.41, 5.74) is 2.48. The smallest absolute Gasteiger partial charge is 0.109 e. The van der Waals surface area contributed by atoms with Gasteiger partial charge in [-0.3, -0.25) is 0 Å². The van der Waals surface area contributed by atoms with E-state index < -0.39 is 0 Å². The molecule has 0 spiro atoms. The second-order valence-corrected chi connectivity index (χ2v) is 5.30. The maximum absolute atomic E-state index is 6.00. The third-order valence-electron chi connectivity index (χ3n) is 2.78. The SMILES string of the molecule is CC(Cc1cccnc1Br)c1cccc(Cl)c1. The van der Waals surface area contributed by atoms with Crippen LogP contribution >= 0.6 is 27.5 Å². The molecule has 0 fully saturated rings. The molecule has 0 aliphatic heterocycles. The first kappa shape index (κ1) is 12.6.